The van der Waals surface area contributed by atoms with Crippen LogP contribution in [-0.4, -0.2) is 46.7 Å². The average molecular weight is 496 g/mol. The maximum atomic E-state index is 13.1. The Balaban J connectivity index is 1.55. The number of amides is 1. The summed E-state index contributed by atoms with van der Waals surface area (Å²) in [7, 11) is 0. The van der Waals surface area contributed by atoms with Crippen molar-refractivity contribution >= 4 is 49.7 Å². The Hall–Kier alpha value is -3.08. The molecule has 1 N–H and O–H groups in total. The van der Waals surface area contributed by atoms with Crippen LogP contribution in [-0.2, 0) is 16.1 Å². The first-order chi connectivity index (χ1) is 16.4. The zero-order chi connectivity index (χ0) is 23.8. The molecule has 1 fully saturated rings. The van der Waals surface area contributed by atoms with Gasteiger partial charge in [-0.3, -0.25) is 9.36 Å². The van der Waals surface area contributed by atoms with E-state index in [2.05, 4.69) is 15.2 Å². The van der Waals surface area contributed by atoms with E-state index < -0.39 is 5.69 Å². The number of fused-ring (bicyclic) bond motifs is 1. The Labute approximate surface area is 204 Å². The topological polar surface area (TPSA) is 89.3 Å². The third-order valence-electron chi connectivity index (χ3n) is 5.79. The van der Waals surface area contributed by atoms with Crippen LogP contribution in [0, 0.1) is 20.8 Å². The number of ether oxygens (including phenoxy) is 1. The minimum absolute atomic E-state index is 0.134. The number of hydrogen-bond acceptors (Lipinski definition) is 8. The first kappa shape index (κ1) is 22.7. The predicted molar refractivity (Wildman–Crippen MR) is 137 cm³/mol. The number of aromatic nitrogens is 3. The normalized spacial score (nSPS) is 14.0. The minimum Gasteiger partial charge on any atom is -0.378 e. The lowest BCUT2D eigenvalue weighted by molar-refractivity contribution is -0.116. The number of aryl methyl sites for hydroxylation is 3. The summed E-state index contributed by atoms with van der Waals surface area (Å²) >= 11 is 2.93. The molecule has 0 bridgehead atoms. The third kappa shape index (κ3) is 4.36. The van der Waals surface area contributed by atoms with E-state index in [4.69, 9.17) is 9.72 Å². The molecule has 34 heavy (non-hydrogen) atoms. The van der Waals surface area contributed by atoms with Gasteiger partial charge in [-0.15, -0.1) is 11.3 Å². The first-order valence-electron chi connectivity index (χ1n) is 11.1. The molecule has 0 spiro atoms. The van der Waals surface area contributed by atoms with Crippen LogP contribution in [0.4, 0.5) is 10.8 Å². The van der Waals surface area contributed by atoms with Crippen LogP contribution in [0.3, 0.4) is 0 Å². The number of thiophene rings is 1. The van der Waals surface area contributed by atoms with Crippen molar-refractivity contribution in [3.05, 3.63) is 56.8 Å². The summed E-state index contributed by atoms with van der Waals surface area (Å²) in [5, 5.41) is 5.75. The van der Waals surface area contributed by atoms with Crippen molar-refractivity contribution in [2.75, 3.05) is 36.5 Å². The van der Waals surface area contributed by atoms with Gasteiger partial charge in [-0.2, -0.15) is 4.98 Å². The van der Waals surface area contributed by atoms with E-state index in [1.54, 1.807) is 0 Å². The predicted octanol–water partition coefficient (Wildman–Crippen LogP) is 3.98. The molecule has 1 amide bonds. The van der Waals surface area contributed by atoms with E-state index in [0.29, 0.717) is 29.3 Å². The Kier molecular flexibility index (Phi) is 6.20. The molecule has 1 saturated heterocycles. The first-order valence-corrected chi connectivity index (χ1v) is 12.8. The van der Waals surface area contributed by atoms with Crippen molar-refractivity contribution in [3.63, 3.8) is 0 Å². The van der Waals surface area contributed by atoms with Gasteiger partial charge in [0.05, 0.1) is 18.1 Å². The fraction of sp³-hybridized carbons (Fsp3) is 0.333. The van der Waals surface area contributed by atoms with Gasteiger partial charge < -0.3 is 15.0 Å². The number of carbonyl (C=O) groups is 1. The van der Waals surface area contributed by atoms with Gasteiger partial charge in [-0.25, -0.2) is 9.78 Å². The number of nitrogens with one attached hydrogen (secondary N) is 1. The van der Waals surface area contributed by atoms with Crippen LogP contribution in [0.2, 0.25) is 0 Å². The van der Waals surface area contributed by atoms with Gasteiger partial charge in [0.1, 0.15) is 22.6 Å². The molecule has 0 radical (unpaired) electrons. The molecule has 0 saturated carbocycles. The molecule has 4 aromatic rings. The molecule has 1 aromatic carbocycles. The Morgan fingerprint density at radius 3 is 2.56 bits per heavy atom. The Bertz CT molecular complexity index is 1400. The minimum atomic E-state index is -0.458. The monoisotopic (exact) mass is 495 g/mol. The van der Waals surface area contributed by atoms with Gasteiger partial charge in [-0.05, 0) is 43.3 Å². The fourth-order valence-electron chi connectivity index (χ4n) is 4.25. The van der Waals surface area contributed by atoms with E-state index in [1.807, 2.05) is 50.4 Å². The Morgan fingerprint density at radius 2 is 1.88 bits per heavy atom. The molecule has 10 heteroatoms. The molecule has 0 atom stereocenters. The molecule has 176 valence electrons. The standard InChI is InChI=1S/C24H25N5O3S2/c1-14-11-15(2)19(16(3)12-14)25-18(30)13-29-22-21(20(26-23(29)31)17-5-4-10-33-17)27-24(34-22)28-6-8-32-9-7-28/h4-5,10-12H,6-9,13H2,1-3H3,(H,25,30). The highest BCUT2D eigenvalue weighted by Crippen LogP contribution is 2.35. The maximum absolute atomic E-state index is 13.1. The molecule has 3 aromatic heterocycles. The van der Waals surface area contributed by atoms with Crippen LogP contribution < -0.4 is 15.9 Å². The van der Waals surface area contributed by atoms with Gasteiger partial charge in [0.2, 0.25) is 5.91 Å². The van der Waals surface area contributed by atoms with Crippen LogP contribution in [0.1, 0.15) is 16.7 Å². The lowest BCUT2D eigenvalue weighted by Crippen LogP contribution is -2.36. The number of hydrogen-bond donors (Lipinski definition) is 1. The second-order valence-corrected chi connectivity index (χ2v) is 10.3. The van der Waals surface area contributed by atoms with Crippen molar-refractivity contribution in [2.24, 2.45) is 0 Å². The van der Waals surface area contributed by atoms with Gasteiger partial charge in [0, 0.05) is 18.8 Å². The number of thiazole rings is 1. The average Bonchev–Trinajstić information content (AvgIpc) is 3.49. The second-order valence-electron chi connectivity index (χ2n) is 8.38. The van der Waals surface area contributed by atoms with Gasteiger partial charge in [0.25, 0.3) is 0 Å². The SMILES string of the molecule is Cc1cc(C)c(NC(=O)Cn2c(=O)nc(-c3cccs3)c3nc(N4CCOCC4)sc32)c(C)c1. The number of carbonyl (C=O) groups excluding carboxylic acids is 1. The molecule has 1 aliphatic rings. The molecule has 0 aliphatic carbocycles. The van der Waals surface area contributed by atoms with Gasteiger partial charge in [-0.1, -0.05) is 35.1 Å². The number of benzene rings is 1. The summed E-state index contributed by atoms with van der Waals surface area (Å²) in [5.74, 6) is -0.273. The van der Waals surface area contributed by atoms with Crippen molar-refractivity contribution in [2.45, 2.75) is 27.3 Å². The van der Waals surface area contributed by atoms with Gasteiger partial charge in [0.15, 0.2) is 5.13 Å². The zero-order valence-corrected chi connectivity index (χ0v) is 20.9. The number of nitrogens with zero attached hydrogens (tertiary/aromatic N) is 4. The largest absolute Gasteiger partial charge is 0.378 e. The van der Waals surface area contributed by atoms with Crippen molar-refractivity contribution in [3.8, 4) is 10.6 Å². The second kappa shape index (κ2) is 9.28. The summed E-state index contributed by atoms with van der Waals surface area (Å²) in [6.07, 6.45) is 0. The van der Waals surface area contributed by atoms with Crippen molar-refractivity contribution in [1.29, 1.82) is 0 Å². The van der Waals surface area contributed by atoms with Crippen LogP contribution >= 0.6 is 22.7 Å². The van der Waals surface area contributed by atoms with E-state index in [0.717, 1.165) is 45.5 Å². The number of rotatable bonds is 5. The highest BCUT2D eigenvalue weighted by Gasteiger charge is 2.23. The molecule has 0 unspecified atom stereocenters. The van der Waals surface area contributed by atoms with E-state index in [-0.39, 0.29) is 12.5 Å². The summed E-state index contributed by atoms with van der Waals surface area (Å²) in [5.41, 5.74) is 4.64. The lowest BCUT2D eigenvalue weighted by Gasteiger charge is -2.25. The summed E-state index contributed by atoms with van der Waals surface area (Å²) in [6, 6.07) is 7.91. The summed E-state index contributed by atoms with van der Waals surface area (Å²) < 4.78 is 6.91. The number of morpholine rings is 1. The summed E-state index contributed by atoms with van der Waals surface area (Å²) in [6.45, 7) is 8.57. The van der Waals surface area contributed by atoms with Crippen LogP contribution in [0.5, 0.6) is 0 Å². The van der Waals surface area contributed by atoms with E-state index in [9.17, 15) is 9.59 Å². The quantitative estimate of drug-likeness (QED) is 0.451. The molecule has 8 nitrogen and oxygen atoms in total. The van der Waals surface area contributed by atoms with Crippen molar-refractivity contribution in [1.82, 2.24) is 14.5 Å². The zero-order valence-electron chi connectivity index (χ0n) is 19.3. The lowest BCUT2D eigenvalue weighted by atomic mass is 10.1. The highest BCUT2D eigenvalue weighted by atomic mass is 32.1. The van der Waals surface area contributed by atoms with Crippen LogP contribution in [0.15, 0.2) is 34.4 Å². The smallest absolute Gasteiger partial charge is 0.349 e. The molecular weight excluding hydrogens is 470 g/mol. The summed E-state index contributed by atoms with van der Waals surface area (Å²) in [4.78, 5) is 39.1. The maximum Gasteiger partial charge on any atom is 0.349 e. The third-order valence-corrected chi connectivity index (χ3v) is 7.80. The van der Waals surface area contributed by atoms with E-state index in [1.165, 1.54) is 27.2 Å². The van der Waals surface area contributed by atoms with E-state index >= 15 is 0 Å². The van der Waals surface area contributed by atoms with Crippen LogP contribution in [0.25, 0.3) is 20.9 Å². The molecule has 1 aliphatic heterocycles. The van der Waals surface area contributed by atoms with Gasteiger partial charge >= 0.3 is 5.69 Å². The molecular formula is C24H25N5O3S2. The molecule has 4 heterocycles. The highest BCUT2D eigenvalue weighted by molar-refractivity contribution is 7.22. The Morgan fingerprint density at radius 1 is 1.15 bits per heavy atom. The van der Waals surface area contributed by atoms with Crippen molar-refractivity contribution < 1.29 is 9.53 Å². The fourth-order valence-corrected chi connectivity index (χ4v) is 6.08. The number of anilines is 2. The molecule has 5 rings (SSSR count).